The highest BCUT2D eigenvalue weighted by molar-refractivity contribution is 6.32. The molecule has 7 nitrogen and oxygen atoms in total. The predicted molar refractivity (Wildman–Crippen MR) is 136 cm³/mol. The molecule has 3 heterocycles. The van der Waals surface area contributed by atoms with Gasteiger partial charge in [-0.15, -0.1) is 0 Å². The van der Waals surface area contributed by atoms with Crippen molar-refractivity contribution >= 4 is 17.4 Å². The molecule has 1 saturated heterocycles. The van der Waals surface area contributed by atoms with E-state index in [-0.39, 0.29) is 11.4 Å². The van der Waals surface area contributed by atoms with Crippen LogP contribution in [0.4, 0.5) is 5.82 Å². The van der Waals surface area contributed by atoms with Crippen LogP contribution in [-0.2, 0) is 7.05 Å². The lowest BCUT2D eigenvalue weighted by atomic mass is 9.97. The predicted octanol–water partition coefficient (Wildman–Crippen LogP) is 4.06. The molecular formula is C26H26ClN5O2. The molecule has 2 aromatic carbocycles. The van der Waals surface area contributed by atoms with Gasteiger partial charge in [0.25, 0.3) is 0 Å². The lowest BCUT2D eigenvalue weighted by molar-refractivity contribution is 0.479. The molecule has 174 valence electrons. The topological polar surface area (TPSA) is 75.3 Å². The van der Waals surface area contributed by atoms with Gasteiger partial charge in [0.05, 0.1) is 10.7 Å². The Morgan fingerprint density at radius 1 is 1.00 bits per heavy atom. The van der Waals surface area contributed by atoms with E-state index in [4.69, 9.17) is 11.6 Å². The number of phenols is 1. The fourth-order valence-electron chi connectivity index (χ4n) is 4.36. The number of pyridine rings is 1. The number of phenolic OH excluding ortho intramolecular Hbond substituents is 1. The van der Waals surface area contributed by atoms with Crippen molar-refractivity contribution in [1.29, 1.82) is 0 Å². The molecule has 0 saturated carbocycles. The molecule has 5 rings (SSSR count). The van der Waals surface area contributed by atoms with Crippen LogP contribution in [0.25, 0.3) is 27.9 Å². The SMILES string of the molecule is Cn1ccn(-c2ccc(-c3cccc(-c4ccnc(N5CCCNCC5)c4)c3O)cc2Cl)c1=O. The van der Waals surface area contributed by atoms with Gasteiger partial charge in [-0.1, -0.05) is 35.9 Å². The van der Waals surface area contributed by atoms with E-state index in [1.807, 2.05) is 36.4 Å². The lowest BCUT2D eigenvalue weighted by Gasteiger charge is -2.21. The van der Waals surface area contributed by atoms with E-state index in [9.17, 15) is 9.90 Å². The number of imidazole rings is 1. The zero-order valence-corrected chi connectivity index (χ0v) is 19.7. The molecule has 8 heteroatoms. The third-order valence-corrected chi connectivity index (χ3v) is 6.52. The summed E-state index contributed by atoms with van der Waals surface area (Å²) in [6.45, 7) is 3.79. The minimum atomic E-state index is -0.173. The van der Waals surface area contributed by atoms with Crippen molar-refractivity contribution in [1.82, 2.24) is 19.4 Å². The molecule has 1 aliphatic rings. The Balaban J connectivity index is 1.50. The van der Waals surface area contributed by atoms with Crippen LogP contribution in [0.5, 0.6) is 5.75 Å². The summed E-state index contributed by atoms with van der Waals surface area (Å²) in [6, 6.07) is 15.1. The number of para-hydroxylation sites is 1. The van der Waals surface area contributed by atoms with Gasteiger partial charge in [-0.05, 0) is 48.4 Å². The maximum atomic E-state index is 12.3. The third kappa shape index (κ3) is 4.20. The number of nitrogens with one attached hydrogen (secondary N) is 1. The number of aromatic hydroxyl groups is 1. The second kappa shape index (κ2) is 9.37. The number of hydrogen-bond donors (Lipinski definition) is 2. The van der Waals surface area contributed by atoms with Crippen LogP contribution in [0.15, 0.2) is 71.9 Å². The molecule has 0 unspecified atom stereocenters. The number of halogens is 1. The number of rotatable bonds is 4. The molecule has 0 atom stereocenters. The fourth-order valence-corrected chi connectivity index (χ4v) is 4.63. The summed E-state index contributed by atoms with van der Waals surface area (Å²) in [5.74, 6) is 1.09. The highest BCUT2D eigenvalue weighted by Gasteiger charge is 2.16. The van der Waals surface area contributed by atoms with E-state index in [0.29, 0.717) is 16.3 Å². The summed E-state index contributed by atoms with van der Waals surface area (Å²) in [5, 5.41) is 15.1. The van der Waals surface area contributed by atoms with Gasteiger partial charge in [0, 0.05) is 56.4 Å². The Morgan fingerprint density at radius 3 is 2.53 bits per heavy atom. The highest BCUT2D eigenvalue weighted by Crippen LogP contribution is 2.39. The van der Waals surface area contributed by atoms with Gasteiger partial charge in [0.15, 0.2) is 0 Å². The first-order valence-electron chi connectivity index (χ1n) is 11.3. The largest absolute Gasteiger partial charge is 0.507 e. The highest BCUT2D eigenvalue weighted by atomic mass is 35.5. The van der Waals surface area contributed by atoms with E-state index in [1.165, 1.54) is 9.13 Å². The molecule has 0 aliphatic carbocycles. The molecule has 0 bridgehead atoms. The van der Waals surface area contributed by atoms with Crippen LogP contribution in [-0.4, -0.2) is 45.4 Å². The quantitative estimate of drug-likeness (QED) is 0.465. The smallest absolute Gasteiger partial charge is 0.332 e. The standard InChI is InChI=1S/C26H26ClN5O2/c1-30-14-15-32(26(30)34)23-7-6-18(16-22(23)27)20-4-2-5-21(25(20)33)19-8-10-29-24(17-19)31-12-3-9-28-11-13-31/h2,4-8,10,14-17,28,33H,3,9,11-13H2,1H3. The van der Waals surface area contributed by atoms with Gasteiger partial charge in [-0.25, -0.2) is 9.78 Å². The normalized spacial score (nSPS) is 14.2. The van der Waals surface area contributed by atoms with E-state index in [1.54, 1.807) is 37.8 Å². The van der Waals surface area contributed by atoms with Gasteiger partial charge >= 0.3 is 5.69 Å². The van der Waals surface area contributed by atoms with Crippen molar-refractivity contribution in [2.75, 3.05) is 31.1 Å². The summed E-state index contributed by atoms with van der Waals surface area (Å²) in [6.07, 6.45) is 6.23. The molecule has 2 aromatic heterocycles. The first-order valence-corrected chi connectivity index (χ1v) is 11.7. The van der Waals surface area contributed by atoms with Crippen molar-refractivity contribution in [3.05, 3.63) is 82.6 Å². The lowest BCUT2D eigenvalue weighted by Crippen LogP contribution is -2.28. The molecule has 1 aliphatic heterocycles. The molecule has 0 spiro atoms. The summed E-state index contributed by atoms with van der Waals surface area (Å²) in [5.41, 5.74) is 3.49. The number of nitrogens with zero attached hydrogens (tertiary/aromatic N) is 4. The number of aromatic nitrogens is 3. The van der Waals surface area contributed by atoms with Crippen LogP contribution < -0.4 is 15.9 Å². The molecule has 0 radical (unpaired) electrons. The Hall–Kier alpha value is -3.55. The zero-order valence-electron chi connectivity index (χ0n) is 18.9. The number of benzene rings is 2. The Kier molecular flexibility index (Phi) is 6.13. The van der Waals surface area contributed by atoms with E-state index < -0.39 is 0 Å². The summed E-state index contributed by atoms with van der Waals surface area (Å²) < 4.78 is 2.99. The zero-order chi connectivity index (χ0) is 23.7. The summed E-state index contributed by atoms with van der Waals surface area (Å²) in [7, 11) is 1.69. The van der Waals surface area contributed by atoms with Crippen molar-refractivity contribution in [2.24, 2.45) is 7.05 Å². The molecule has 1 fully saturated rings. The molecule has 0 amide bonds. The van der Waals surface area contributed by atoms with Gasteiger partial charge < -0.3 is 19.9 Å². The minimum absolute atomic E-state index is 0.173. The fraction of sp³-hybridized carbons (Fsp3) is 0.231. The number of hydrogen-bond acceptors (Lipinski definition) is 5. The maximum Gasteiger partial charge on any atom is 0.332 e. The summed E-state index contributed by atoms with van der Waals surface area (Å²) in [4.78, 5) is 19.1. The van der Waals surface area contributed by atoms with Gasteiger partial charge in [0.1, 0.15) is 11.6 Å². The van der Waals surface area contributed by atoms with Crippen LogP contribution in [0.2, 0.25) is 5.02 Å². The number of aryl methyl sites for hydroxylation is 1. The molecule has 2 N–H and O–H groups in total. The van der Waals surface area contributed by atoms with Crippen molar-refractivity contribution < 1.29 is 5.11 Å². The maximum absolute atomic E-state index is 12.3. The van der Waals surface area contributed by atoms with Crippen LogP contribution >= 0.6 is 11.6 Å². The second-order valence-corrected chi connectivity index (χ2v) is 8.83. The number of anilines is 1. The van der Waals surface area contributed by atoms with Crippen LogP contribution in [0.3, 0.4) is 0 Å². The van der Waals surface area contributed by atoms with Gasteiger partial charge in [0.2, 0.25) is 0 Å². The van der Waals surface area contributed by atoms with E-state index in [2.05, 4.69) is 15.2 Å². The van der Waals surface area contributed by atoms with Crippen molar-refractivity contribution in [2.45, 2.75) is 6.42 Å². The van der Waals surface area contributed by atoms with Crippen LogP contribution in [0.1, 0.15) is 6.42 Å². The average molecular weight is 476 g/mol. The summed E-state index contributed by atoms with van der Waals surface area (Å²) >= 11 is 6.55. The minimum Gasteiger partial charge on any atom is -0.507 e. The second-order valence-electron chi connectivity index (χ2n) is 8.42. The van der Waals surface area contributed by atoms with E-state index >= 15 is 0 Å². The Labute approximate surface area is 202 Å². The molecule has 4 aromatic rings. The van der Waals surface area contributed by atoms with Gasteiger partial charge in [-0.2, -0.15) is 0 Å². The monoisotopic (exact) mass is 475 g/mol. The first kappa shape index (κ1) is 22.3. The Bertz CT molecular complexity index is 1390. The van der Waals surface area contributed by atoms with Crippen molar-refractivity contribution in [3.63, 3.8) is 0 Å². The van der Waals surface area contributed by atoms with Crippen LogP contribution in [0, 0.1) is 0 Å². The first-order chi connectivity index (χ1) is 16.5. The Morgan fingerprint density at radius 2 is 1.79 bits per heavy atom. The molecule has 34 heavy (non-hydrogen) atoms. The molecular weight excluding hydrogens is 450 g/mol. The third-order valence-electron chi connectivity index (χ3n) is 6.22. The van der Waals surface area contributed by atoms with Gasteiger partial charge in [-0.3, -0.25) is 4.57 Å². The van der Waals surface area contributed by atoms with E-state index in [0.717, 1.165) is 55.1 Å². The average Bonchev–Trinajstić information content (AvgIpc) is 3.04. The van der Waals surface area contributed by atoms with Crippen molar-refractivity contribution in [3.8, 4) is 33.7 Å².